The molecule has 4 nitrogen and oxygen atoms in total. The third-order valence-electron chi connectivity index (χ3n) is 3.55. The summed E-state index contributed by atoms with van der Waals surface area (Å²) in [5, 5.41) is 9.99. The van der Waals surface area contributed by atoms with Crippen LogP contribution < -0.4 is 5.73 Å². The maximum absolute atomic E-state index is 7.77. The van der Waals surface area contributed by atoms with Crippen LogP contribution >= 0.6 is 11.8 Å². The van der Waals surface area contributed by atoms with Crippen LogP contribution in [0.4, 0.5) is 0 Å². The Morgan fingerprint density at radius 1 is 1.45 bits per heavy atom. The van der Waals surface area contributed by atoms with E-state index < -0.39 is 0 Å². The van der Waals surface area contributed by atoms with Crippen LogP contribution in [0.15, 0.2) is 35.4 Å². The molecule has 0 spiro atoms. The second kappa shape index (κ2) is 5.42. The Morgan fingerprint density at radius 3 is 2.95 bits per heavy atom. The molecular formula is C15H17N3OS. The van der Waals surface area contributed by atoms with Gasteiger partial charge in [0.2, 0.25) is 0 Å². The van der Waals surface area contributed by atoms with Crippen molar-refractivity contribution in [3.8, 4) is 0 Å². The van der Waals surface area contributed by atoms with E-state index in [0.29, 0.717) is 10.8 Å². The lowest BCUT2D eigenvalue weighted by molar-refractivity contribution is 0.127. The molecule has 1 aromatic carbocycles. The Balaban J connectivity index is 2.03. The monoisotopic (exact) mass is 287 g/mol. The lowest BCUT2D eigenvalue weighted by Gasteiger charge is -2.15. The van der Waals surface area contributed by atoms with E-state index in [4.69, 9.17) is 15.9 Å². The minimum atomic E-state index is 0.0670. The number of hydrogen-bond acceptors (Lipinski definition) is 4. The predicted molar refractivity (Wildman–Crippen MR) is 82.4 cm³/mol. The molecule has 0 aliphatic carbocycles. The molecule has 20 heavy (non-hydrogen) atoms. The summed E-state index contributed by atoms with van der Waals surface area (Å²) in [6.07, 6.45) is 1.23. The number of benzene rings is 1. The van der Waals surface area contributed by atoms with Crippen LogP contribution in [0.5, 0.6) is 0 Å². The van der Waals surface area contributed by atoms with Crippen LogP contribution in [0, 0.1) is 5.41 Å². The molecule has 0 bridgehead atoms. The predicted octanol–water partition coefficient (Wildman–Crippen LogP) is 2.79. The van der Waals surface area contributed by atoms with Crippen LogP contribution in [0.2, 0.25) is 0 Å². The number of nitrogens with zero attached hydrogens (tertiary/aromatic N) is 1. The molecule has 2 atom stereocenters. The average molecular weight is 287 g/mol. The van der Waals surface area contributed by atoms with E-state index in [1.54, 1.807) is 11.8 Å². The number of aromatic nitrogens is 1. The molecule has 3 N–H and O–H groups in total. The lowest BCUT2D eigenvalue weighted by Crippen LogP contribution is -2.17. The fourth-order valence-corrected chi connectivity index (χ4v) is 3.61. The van der Waals surface area contributed by atoms with Gasteiger partial charge < -0.3 is 10.5 Å². The Hall–Kier alpha value is -1.59. The highest BCUT2D eigenvalue weighted by Gasteiger charge is 2.27. The number of hydrogen-bond donors (Lipinski definition) is 2. The van der Waals surface area contributed by atoms with Gasteiger partial charge in [0.25, 0.3) is 0 Å². The second-order valence-electron chi connectivity index (χ2n) is 4.97. The molecule has 1 aliphatic rings. The number of thioether (sulfide) groups is 1. The molecule has 5 heteroatoms. The van der Waals surface area contributed by atoms with Crippen LogP contribution in [0.3, 0.4) is 0 Å². The summed E-state index contributed by atoms with van der Waals surface area (Å²) in [6.45, 7) is 2.88. The molecule has 2 unspecified atom stereocenters. The summed E-state index contributed by atoms with van der Waals surface area (Å²) in [6, 6.07) is 9.86. The number of fused-ring (bicyclic) bond motifs is 1. The first kappa shape index (κ1) is 13.4. The number of rotatable bonds is 3. The van der Waals surface area contributed by atoms with Gasteiger partial charge in [0, 0.05) is 22.8 Å². The average Bonchev–Trinajstić information content (AvgIpc) is 2.83. The van der Waals surface area contributed by atoms with Gasteiger partial charge in [0.05, 0.1) is 11.6 Å². The molecule has 1 aromatic heterocycles. The van der Waals surface area contributed by atoms with Crippen LogP contribution in [-0.4, -0.2) is 28.8 Å². The van der Waals surface area contributed by atoms with Gasteiger partial charge in [-0.3, -0.25) is 5.41 Å². The van der Waals surface area contributed by atoms with Gasteiger partial charge >= 0.3 is 0 Å². The molecule has 1 aliphatic heterocycles. The summed E-state index contributed by atoms with van der Waals surface area (Å²) in [5.41, 5.74) is 7.37. The van der Waals surface area contributed by atoms with Crippen molar-refractivity contribution in [1.82, 2.24) is 4.98 Å². The van der Waals surface area contributed by atoms with Crippen molar-refractivity contribution in [3.63, 3.8) is 0 Å². The van der Waals surface area contributed by atoms with Crippen LogP contribution in [0.1, 0.15) is 18.9 Å². The topological polar surface area (TPSA) is 72.0 Å². The Kier molecular flexibility index (Phi) is 3.63. The largest absolute Gasteiger partial charge is 0.384 e. The number of ether oxygens (including phenoxy) is 1. The molecule has 2 heterocycles. The maximum Gasteiger partial charge on any atom is 0.125 e. The number of amidine groups is 1. The third kappa shape index (κ3) is 2.51. The Bertz CT molecular complexity index is 659. The maximum atomic E-state index is 7.77. The Morgan fingerprint density at radius 2 is 2.25 bits per heavy atom. The smallest absolute Gasteiger partial charge is 0.125 e. The zero-order valence-electron chi connectivity index (χ0n) is 11.3. The summed E-state index contributed by atoms with van der Waals surface area (Å²) < 4.78 is 5.59. The van der Waals surface area contributed by atoms with Gasteiger partial charge in [-0.2, -0.15) is 0 Å². The summed E-state index contributed by atoms with van der Waals surface area (Å²) in [4.78, 5) is 4.68. The zero-order valence-corrected chi connectivity index (χ0v) is 12.1. The van der Waals surface area contributed by atoms with Crippen molar-refractivity contribution >= 4 is 28.5 Å². The molecular weight excluding hydrogens is 270 g/mol. The van der Waals surface area contributed by atoms with Crippen molar-refractivity contribution in [2.45, 2.75) is 29.7 Å². The number of nitrogens with one attached hydrogen (secondary N) is 1. The number of nitrogens with two attached hydrogens (primary N) is 1. The standard InChI is InChI=1S/C15H17N3OS/c1-9-13(6-7-19-9)20-15-11(14(16)17)8-10-4-2-3-5-12(10)18-15/h2-5,8-9,13H,6-7H2,1H3,(H3,16,17). The highest BCUT2D eigenvalue weighted by Crippen LogP contribution is 2.34. The van der Waals surface area contributed by atoms with Gasteiger partial charge in [-0.1, -0.05) is 30.0 Å². The van der Waals surface area contributed by atoms with E-state index in [1.165, 1.54) is 0 Å². The third-order valence-corrected chi connectivity index (χ3v) is 5.01. The molecule has 0 saturated carbocycles. The summed E-state index contributed by atoms with van der Waals surface area (Å²) >= 11 is 1.67. The molecule has 1 fully saturated rings. The Labute approximate surface area is 122 Å². The number of pyridine rings is 1. The van der Waals surface area contributed by atoms with E-state index in [0.717, 1.165) is 29.0 Å². The molecule has 104 valence electrons. The molecule has 1 saturated heterocycles. The summed E-state index contributed by atoms with van der Waals surface area (Å²) in [5.74, 6) is 0.0670. The van der Waals surface area contributed by atoms with Gasteiger partial charge in [-0.25, -0.2) is 4.98 Å². The van der Waals surface area contributed by atoms with Crippen molar-refractivity contribution in [3.05, 3.63) is 35.9 Å². The van der Waals surface area contributed by atoms with E-state index in [2.05, 4.69) is 11.9 Å². The van der Waals surface area contributed by atoms with Gasteiger partial charge in [-0.15, -0.1) is 0 Å². The van der Waals surface area contributed by atoms with Gasteiger partial charge in [0.15, 0.2) is 0 Å². The van der Waals surface area contributed by atoms with Crippen molar-refractivity contribution in [2.75, 3.05) is 6.61 Å². The molecule has 0 amide bonds. The van der Waals surface area contributed by atoms with Crippen molar-refractivity contribution in [1.29, 1.82) is 5.41 Å². The second-order valence-corrected chi connectivity index (χ2v) is 6.20. The van der Waals surface area contributed by atoms with Crippen LogP contribution in [0.25, 0.3) is 10.9 Å². The van der Waals surface area contributed by atoms with Gasteiger partial charge in [-0.05, 0) is 25.5 Å². The minimum absolute atomic E-state index is 0.0670. The van der Waals surface area contributed by atoms with E-state index in [9.17, 15) is 0 Å². The normalized spacial score (nSPS) is 22.2. The lowest BCUT2D eigenvalue weighted by atomic mass is 10.1. The highest BCUT2D eigenvalue weighted by atomic mass is 32.2. The fourth-order valence-electron chi connectivity index (χ4n) is 2.39. The first-order valence-electron chi connectivity index (χ1n) is 6.67. The molecule has 0 radical (unpaired) electrons. The molecule has 2 aromatic rings. The fraction of sp³-hybridized carbons (Fsp3) is 0.333. The highest BCUT2D eigenvalue weighted by molar-refractivity contribution is 8.00. The van der Waals surface area contributed by atoms with Crippen molar-refractivity contribution in [2.24, 2.45) is 5.73 Å². The summed E-state index contributed by atoms with van der Waals surface area (Å²) in [7, 11) is 0. The quantitative estimate of drug-likeness (QED) is 0.672. The zero-order chi connectivity index (χ0) is 14.1. The van der Waals surface area contributed by atoms with E-state index in [1.807, 2.05) is 30.3 Å². The SMILES string of the molecule is CC1OCCC1Sc1nc2ccccc2cc1C(=N)N. The minimum Gasteiger partial charge on any atom is -0.384 e. The van der Waals surface area contributed by atoms with E-state index in [-0.39, 0.29) is 11.9 Å². The van der Waals surface area contributed by atoms with Crippen LogP contribution in [-0.2, 0) is 4.74 Å². The first-order valence-corrected chi connectivity index (χ1v) is 7.55. The van der Waals surface area contributed by atoms with E-state index >= 15 is 0 Å². The van der Waals surface area contributed by atoms with Crippen molar-refractivity contribution < 1.29 is 4.74 Å². The molecule has 3 rings (SSSR count). The first-order chi connectivity index (χ1) is 9.65. The number of nitrogen functional groups attached to an aromatic ring is 1. The number of para-hydroxylation sites is 1. The van der Waals surface area contributed by atoms with Gasteiger partial charge in [0.1, 0.15) is 10.9 Å².